The minimum Gasteiger partial charge on any atom is -0.379 e. The Hall–Kier alpha value is -0.910. The summed E-state index contributed by atoms with van der Waals surface area (Å²) in [6, 6.07) is 8.04. The molecule has 1 amide bonds. The van der Waals surface area contributed by atoms with Crippen LogP contribution in [0, 0.1) is 0 Å². The van der Waals surface area contributed by atoms with Gasteiger partial charge >= 0.3 is 0 Å². The number of nitrogens with zero attached hydrogens (tertiary/aromatic N) is 1. The molecule has 19 heavy (non-hydrogen) atoms. The normalized spacial score (nSPS) is 18.0. The zero-order valence-electron chi connectivity index (χ0n) is 11.1. The monoisotopic (exact) mass is 326 g/mol. The molecule has 1 heterocycles. The number of morpholine rings is 1. The van der Waals surface area contributed by atoms with Crippen molar-refractivity contribution < 1.29 is 9.53 Å². The highest BCUT2D eigenvalue weighted by atomic mass is 79.9. The number of halogens is 1. The summed E-state index contributed by atoms with van der Waals surface area (Å²) in [5.41, 5.74) is 1.11. The fraction of sp³-hybridized carbons (Fsp3) is 0.500. The molecule has 1 aromatic carbocycles. The average molecular weight is 327 g/mol. The van der Waals surface area contributed by atoms with Crippen molar-refractivity contribution in [1.29, 1.82) is 0 Å². The first-order valence-electron chi connectivity index (χ1n) is 6.50. The lowest BCUT2D eigenvalue weighted by Crippen LogP contribution is -2.43. The Labute approximate surface area is 122 Å². The molecule has 0 radical (unpaired) electrons. The molecule has 1 N–H and O–H groups in total. The van der Waals surface area contributed by atoms with Gasteiger partial charge in [0.2, 0.25) is 5.91 Å². The zero-order chi connectivity index (χ0) is 13.7. The van der Waals surface area contributed by atoms with Crippen molar-refractivity contribution in [3.63, 3.8) is 0 Å². The number of amides is 1. The van der Waals surface area contributed by atoms with E-state index in [4.69, 9.17) is 4.74 Å². The summed E-state index contributed by atoms with van der Waals surface area (Å²) in [5.74, 6) is 0.0670. The SMILES string of the molecule is CC(NC(=O)CN1CCOCC1)c1ccc(Br)cc1. The third-order valence-electron chi connectivity index (χ3n) is 3.22. The molecule has 1 aliphatic rings. The Morgan fingerprint density at radius 3 is 2.63 bits per heavy atom. The van der Waals surface area contributed by atoms with E-state index in [1.54, 1.807) is 0 Å². The molecular weight excluding hydrogens is 308 g/mol. The fourth-order valence-electron chi connectivity index (χ4n) is 2.08. The minimum atomic E-state index is 0.0293. The molecule has 1 aromatic rings. The van der Waals surface area contributed by atoms with Crippen LogP contribution in [0.25, 0.3) is 0 Å². The van der Waals surface area contributed by atoms with Gasteiger partial charge in [0.1, 0.15) is 0 Å². The standard InChI is InChI=1S/C14H19BrN2O2/c1-11(12-2-4-13(15)5-3-12)16-14(18)10-17-6-8-19-9-7-17/h2-5,11H,6-10H2,1H3,(H,16,18). The first kappa shape index (κ1) is 14.5. The van der Waals surface area contributed by atoms with Gasteiger partial charge in [0.05, 0.1) is 25.8 Å². The van der Waals surface area contributed by atoms with Crippen molar-refractivity contribution in [2.45, 2.75) is 13.0 Å². The zero-order valence-corrected chi connectivity index (χ0v) is 12.6. The molecule has 1 saturated heterocycles. The van der Waals surface area contributed by atoms with Gasteiger partial charge in [-0.05, 0) is 24.6 Å². The van der Waals surface area contributed by atoms with Gasteiger partial charge in [0, 0.05) is 17.6 Å². The van der Waals surface area contributed by atoms with Crippen molar-refractivity contribution >= 4 is 21.8 Å². The van der Waals surface area contributed by atoms with Gasteiger partial charge < -0.3 is 10.1 Å². The molecule has 1 unspecified atom stereocenters. The molecule has 2 rings (SSSR count). The smallest absolute Gasteiger partial charge is 0.234 e. The Morgan fingerprint density at radius 2 is 2.00 bits per heavy atom. The van der Waals surface area contributed by atoms with Crippen LogP contribution in [0.1, 0.15) is 18.5 Å². The van der Waals surface area contributed by atoms with E-state index in [2.05, 4.69) is 26.1 Å². The van der Waals surface area contributed by atoms with Gasteiger partial charge in [0.25, 0.3) is 0 Å². The quantitative estimate of drug-likeness (QED) is 0.919. The molecule has 0 saturated carbocycles. The summed E-state index contributed by atoms with van der Waals surface area (Å²) < 4.78 is 6.31. The molecule has 0 spiro atoms. The number of carbonyl (C=O) groups is 1. The maximum absolute atomic E-state index is 12.0. The molecule has 5 heteroatoms. The maximum atomic E-state index is 12.0. The number of nitrogens with one attached hydrogen (secondary N) is 1. The van der Waals surface area contributed by atoms with Crippen LogP contribution in [0.15, 0.2) is 28.7 Å². The van der Waals surface area contributed by atoms with Crippen LogP contribution < -0.4 is 5.32 Å². The van der Waals surface area contributed by atoms with Crippen molar-refractivity contribution in [3.8, 4) is 0 Å². The maximum Gasteiger partial charge on any atom is 0.234 e. The fourth-order valence-corrected chi connectivity index (χ4v) is 2.35. The van der Waals surface area contributed by atoms with Crippen LogP contribution in [-0.4, -0.2) is 43.7 Å². The Morgan fingerprint density at radius 1 is 1.37 bits per heavy atom. The van der Waals surface area contributed by atoms with E-state index in [0.717, 1.165) is 36.3 Å². The second-order valence-corrected chi connectivity index (χ2v) is 5.64. The van der Waals surface area contributed by atoms with Gasteiger partial charge in [-0.15, -0.1) is 0 Å². The number of ether oxygens (including phenoxy) is 1. The van der Waals surface area contributed by atoms with Crippen molar-refractivity contribution in [1.82, 2.24) is 10.2 Å². The minimum absolute atomic E-state index is 0.0293. The molecule has 4 nitrogen and oxygen atoms in total. The molecule has 104 valence electrons. The van der Waals surface area contributed by atoms with E-state index in [-0.39, 0.29) is 11.9 Å². The van der Waals surface area contributed by atoms with E-state index in [0.29, 0.717) is 6.54 Å². The Kier molecular flexibility index (Phi) is 5.36. The van der Waals surface area contributed by atoms with Crippen LogP contribution >= 0.6 is 15.9 Å². The van der Waals surface area contributed by atoms with Crippen molar-refractivity contribution in [2.24, 2.45) is 0 Å². The van der Waals surface area contributed by atoms with Crippen LogP contribution in [0.2, 0.25) is 0 Å². The van der Waals surface area contributed by atoms with E-state index >= 15 is 0 Å². The number of rotatable bonds is 4. The molecule has 0 aliphatic carbocycles. The molecular formula is C14H19BrN2O2. The first-order chi connectivity index (χ1) is 9.15. The highest BCUT2D eigenvalue weighted by Crippen LogP contribution is 2.16. The summed E-state index contributed by atoms with van der Waals surface area (Å²) >= 11 is 3.41. The molecule has 1 aliphatic heterocycles. The predicted octanol–water partition coefficient (Wildman–Crippen LogP) is 1.96. The van der Waals surface area contributed by atoms with E-state index < -0.39 is 0 Å². The summed E-state index contributed by atoms with van der Waals surface area (Å²) in [6.07, 6.45) is 0. The second kappa shape index (κ2) is 7.03. The second-order valence-electron chi connectivity index (χ2n) is 4.73. The first-order valence-corrected chi connectivity index (χ1v) is 7.29. The molecule has 0 aromatic heterocycles. The van der Waals surface area contributed by atoms with E-state index in [1.165, 1.54) is 0 Å². The average Bonchev–Trinajstić information content (AvgIpc) is 2.40. The van der Waals surface area contributed by atoms with E-state index in [1.807, 2.05) is 31.2 Å². The summed E-state index contributed by atoms with van der Waals surface area (Å²) in [6.45, 7) is 5.55. The van der Waals surface area contributed by atoms with Crippen LogP contribution in [0.5, 0.6) is 0 Å². The predicted molar refractivity (Wildman–Crippen MR) is 78.0 cm³/mol. The summed E-state index contributed by atoms with van der Waals surface area (Å²) in [5, 5.41) is 3.03. The third-order valence-corrected chi connectivity index (χ3v) is 3.75. The lowest BCUT2D eigenvalue weighted by molar-refractivity contribution is -0.123. The molecule has 1 fully saturated rings. The number of hydrogen-bond acceptors (Lipinski definition) is 3. The summed E-state index contributed by atoms with van der Waals surface area (Å²) in [7, 11) is 0. The molecule has 1 atom stereocenters. The summed E-state index contributed by atoms with van der Waals surface area (Å²) in [4.78, 5) is 14.1. The largest absolute Gasteiger partial charge is 0.379 e. The van der Waals surface area contributed by atoms with Gasteiger partial charge in [0.15, 0.2) is 0 Å². The third kappa shape index (κ3) is 4.60. The topological polar surface area (TPSA) is 41.6 Å². The van der Waals surface area contributed by atoms with Gasteiger partial charge in [-0.25, -0.2) is 0 Å². The van der Waals surface area contributed by atoms with Crippen LogP contribution in [-0.2, 0) is 9.53 Å². The highest BCUT2D eigenvalue weighted by molar-refractivity contribution is 9.10. The molecule has 0 bridgehead atoms. The van der Waals surface area contributed by atoms with Gasteiger partial charge in [-0.3, -0.25) is 9.69 Å². The lowest BCUT2D eigenvalue weighted by Gasteiger charge is -2.26. The van der Waals surface area contributed by atoms with Gasteiger partial charge in [-0.1, -0.05) is 28.1 Å². The number of carbonyl (C=O) groups excluding carboxylic acids is 1. The van der Waals surface area contributed by atoms with Crippen molar-refractivity contribution in [2.75, 3.05) is 32.8 Å². The number of hydrogen-bond donors (Lipinski definition) is 1. The van der Waals surface area contributed by atoms with Gasteiger partial charge in [-0.2, -0.15) is 0 Å². The van der Waals surface area contributed by atoms with Crippen molar-refractivity contribution in [3.05, 3.63) is 34.3 Å². The van der Waals surface area contributed by atoms with E-state index in [9.17, 15) is 4.79 Å². The Balaban J connectivity index is 1.82. The highest BCUT2D eigenvalue weighted by Gasteiger charge is 2.15. The van der Waals surface area contributed by atoms with Crippen LogP contribution in [0.4, 0.5) is 0 Å². The number of benzene rings is 1. The Bertz CT molecular complexity index is 416. The van der Waals surface area contributed by atoms with Crippen LogP contribution in [0.3, 0.4) is 0 Å². The lowest BCUT2D eigenvalue weighted by atomic mass is 10.1.